The van der Waals surface area contributed by atoms with Gasteiger partial charge in [0.1, 0.15) is 0 Å². The van der Waals surface area contributed by atoms with Gasteiger partial charge in [0.25, 0.3) is 0 Å². The summed E-state index contributed by atoms with van der Waals surface area (Å²) in [5, 5.41) is 2.09. The van der Waals surface area contributed by atoms with Crippen molar-refractivity contribution in [1.29, 1.82) is 0 Å². The molecule has 1 aromatic rings. The second kappa shape index (κ2) is 5.92. The lowest BCUT2D eigenvalue weighted by Crippen LogP contribution is -2.25. The predicted molar refractivity (Wildman–Crippen MR) is 66.9 cm³/mol. The van der Waals surface area contributed by atoms with Gasteiger partial charge >= 0.3 is 0 Å². The van der Waals surface area contributed by atoms with Gasteiger partial charge < -0.3 is 5.73 Å². The van der Waals surface area contributed by atoms with Gasteiger partial charge in [-0.2, -0.15) is 0 Å². The molecule has 0 aliphatic heterocycles. The molecule has 0 aliphatic carbocycles. The second-order valence-corrected chi connectivity index (χ2v) is 4.77. The summed E-state index contributed by atoms with van der Waals surface area (Å²) in [6.45, 7) is 5.77. The molecule has 2 N–H and O–H groups in total. The number of thiophene rings is 1. The first-order valence-corrected chi connectivity index (χ1v) is 5.98. The monoisotopic (exact) mass is 222 g/mol. The van der Waals surface area contributed by atoms with Gasteiger partial charge in [0.05, 0.1) is 6.54 Å². The van der Waals surface area contributed by atoms with E-state index in [4.69, 9.17) is 5.73 Å². The summed E-state index contributed by atoms with van der Waals surface area (Å²) >= 11 is 1.76. The van der Waals surface area contributed by atoms with E-state index in [0.717, 1.165) is 12.1 Å². The summed E-state index contributed by atoms with van der Waals surface area (Å²) in [5.74, 6) is 6.01. The number of nitrogens with two attached hydrogens (primary N) is 1. The van der Waals surface area contributed by atoms with Crippen molar-refractivity contribution in [3.8, 4) is 11.8 Å². The van der Waals surface area contributed by atoms with E-state index in [1.807, 2.05) is 0 Å². The molecule has 0 bridgehead atoms. The van der Waals surface area contributed by atoms with E-state index in [9.17, 15) is 0 Å². The fraction of sp³-hybridized carbons (Fsp3) is 0.500. The van der Waals surface area contributed by atoms with Crippen molar-refractivity contribution in [2.24, 2.45) is 5.73 Å². The largest absolute Gasteiger partial charge is 0.320 e. The molecule has 1 aromatic heterocycles. The first-order valence-electron chi connectivity index (χ1n) is 5.10. The average Bonchev–Trinajstić information content (AvgIpc) is 2.62. The first kappa shape index (κ1) is 12.3. The molecule has 0 atom stereocenters. The Morgan fingerprint density at radius 2 is 2.27 bits per heavy atom. The molecule has 3 heteroatoms. The highest BCUT2D eigenvalue weighted by Crippen LogP contribution is 2.18. The Bertz CT molecular complexity index is 357. The summed E-state index contributed by atoms with van der Waals surface area (Å²) in [6, 6.07) is 2.62. The zero-order chi connectivity index (χ0) is 11.3. The summed E-state index contributed by atoms with van der Waals surface area (Å²) < 4.78 is 0. The van der Waals surface area contributed by atoms with Crippen molar-refractivity contribution in [1.82, 2.24) is 4.90 Å². The molecule has 0 amide bonds. The Morgan fingerprint density at radius 1 is 1.53 bits per heavy atom. The molecule has 82 valence electrons. The lowest BCUT2D eigenvalue weighted by molar-refractivity contribution is 0.268. The van der Waals surface area contributed by atoms with Crippen LogP contribution in [0.4, 0.5) is 0 Å². The standard InChI is InChI=1S/C12H18N2S/c1-10(2)14(3)9-12-11(5-4-7-13)6-8-15-12/h6,8,10H,7,9,13H2,1-3H3. The quantitative estimate of drug-likeness (QED) is 0.791. The van der Waals surface area contributed by atoms with Crippen LogP contribution in [0.15, 0.2) is 11.4 Å². The topological polar surface area (TPSA) is 29.3 Å². The minimum Gasteiger partial charge on any atom is -0.320 e. The van der Waals surface area contributed by atoms with Crippen LogP contribution in [-0.4, -0.2) is 24.5 Å². The summed E-state index contributed by atoms with van der Waals surface area (Å²) in [5.41, 5.74) is 6.49. The molecule has 0 saturated carbocycles. The molecule has 0 fully saturated rings. The molecule has 0 unspecified atom stereocenters. The van der Waals surface area contributed by atoms with Gasteiger partial charge in [0, 0.05) is 23.0 Å². The Hall–Kier alpha value is -0.820. The van der Waals surface area contributed by atoms with Crippen LogP contribution in [-0.2, 0) is 6.54 Å². The minimum atomic E-state index is 0.426. The SMILES string of the molecule is CC(C)N(C)Cc1sccc1C#CCN. The molecular formula is C12H18N2S. The van der Waals surface area contributed by atoms with Crippen LogP contribution in [0, 0.1) is 11.8 Å². The maximum atomic E-state index is 5.36. The third kappa shape index (κ3) is 3.67. The zero-order valence-electron chi connectivity index (χ0n) is 9.58. The van der Waals surface area contributed by atoms with E-state index in [2.05, 4.69) is 49.1 Å². The number of nitrogens with zero attached hydrogens (tertiary/aromatic N) is 1. The van der Waals surface area contributed by atoms with Gasteiger partial charge in [-0.3, -0.25) is 4.90 Å². The van der Waals surface area contributed by atoms with Crippen molar-refractivity contribution in [2.75, 3.05) is 13.6 Å². The third-order valence-electron chi connectivity index (χ3n) is 2.35. The van der Waals surface area contributed by atoms with Crippen molar-refractivity contribution < 1.29 is 0 Å². The van der Waals surface area contributed by atoms with Crippen LogP contribution in [0.25, 0.3) is 0 Å². The van der Waals surface area contributed by atoms with Crippen LogP contribution >= 0.6 is 11.3 Å². The van der Waals surface area contributed by atoms with E-state index in [1.54, 1.807) is 11.3 Å². The van der Waals surface area contributed by atoms with Crippen molar-refractivity contribution in [3.63, 3.8) is 0 Å². The van der Waals surface area contributed by atoms with E-state index >= 15 is 0 Å². The van der Waals surface area contributed by atoms with Crippen molar-refractivity contribution in [2.45, 2.75) is 26.4 Å². The average molecular weight is 222 g/mol. The van der Waals surface area contributed by atoms with Crippen LogP contribution in [0.1, 0.15) is 24.3 Å². The highest BCUT2D eigenvalue weighted by Gasteiger charge is 2.08. The molecule has 0 spiro atoms. The van der Waals surface area contributed by atoms with Gasteiger partial charge in [-0.05, 0) is 32.3 Å². The summed E-state index contributed by atoms with van der Waals surface area (Å²) in [7, 11) is 2.13. The fourth-order valence-electron chi connectivity index (χ4n) is 1.13. The third-order valence-corrected chi connectivity index (χ3v) is 3.25. The maximum Gasteiger partial charge on any atom is 0.0555 e. The Labute approximate surface area is 96.1 Å². The Balaban J connectivity index is 2.73. The number of rotatable bonds is 3. The molecule has 15 heavy (non-hydrogen) atoms. The molecule has 1 rings (SSSR count). The Kier molecular flexibility index (Phi) is 4.83. The normalized spacial score (nSPS) is 10.5. The Morgan fingerprint density at radius 3 is 2.87 bits per heavy atom. The molecule has 0 aliphatic rings. The molecule has 0 aromatic carbocycles. The summed E-state index contributed by atoms with van der Waals surface area (Å²) in [6.07, 6.45) is 0. The number of hydrogen-bond donors (Lipinski definition) is 1. The lowest BCUT2D eigenvalue weighted by atomic mass is 10.2. The highest BCUT2D eigenvalue weighted by atomic mass is 32.1. The fourth-order valence-corrected chi connectivity index (χ4v) is 2.02. The molecule has 0 saturated heterocycles. The first-order chi connectivity index (χ1) is 7.15. The smallest absolute Gasteiger partial charge is 0.0555 e. The van der Waals surface area contributed by atoms with E-state index in [-0.39, 0.29) is 0 Å². The van der Waals surface area contributed by atoms with E-state index < -0.39 is 0 Å². The van der Waals surface area contributed by atoms with Crippen LogP contribution < -0.4 is 5.73 Å². The minimum absolute atomic E-state index is 0.426. The molecular weight excluding hydrogens is 204 g/mol. The maximum absolute atomic E-state index is 5.36. The van der Waals surface area contributed by atoms with Crippen LogP contribution in [0.2, 0.25) is 0 Å². The van der Waals surface area contributed by atoms with Crippen molar-refractivity contribution >= 4 is 11.3 Å². The van der Waals surface area contributed by atoms with Gasteiger partial charge in [0.15, 0.2) is 0 Å². The summed E-state index contributed by atoms with van der Waals surface area (Å²) in [4.78, 5) is 3.63. The number of hydrogen-bond acceptors (Lipinski definition) is 3. The molecule has 1 heterocycles. The van der Waals surface area contributed by atoms with Gasteiger partial charge in [-0.25, -0.2) is 0 Å². The zero-order valence-corrected chi connectivity index (χ0v) is 10.4. The predicted octanol–water partition coefficient (Wildman–Crippen LogP) is 1.90. The van der Waals surface area contributed by atoms with Gasteiger partial charge in [0.2, 0.25) is 0 Å². The van der Waals surface area contributed by atoms with Gasteiger partial charge in [-0.1, -0.05) is 11.8 Å². The van der Waals surface area contributed by atoms with E-state index in [1.165, 1.54) is 4.88 Å². The molecule has 2 nitrogen and oxygen atoms in total. The van der Waals surface area contributed by atoms with Crippen LogP contribution in [0.3, 0.4) is 0 Å². The second-order valence-electron chi connectivity index (χ2n) is 3.77. The van der Waals surface area contributed by atoms with Crippen LogP contribution in [0.5, 0.6) is 0 Å². The van der Waals surface area contributed by atoms with Crippen molar-refractivity contribution in [3.05, 3.63) is 21.9 Å². The molecule has 0 radical (unpaired) electrons. The lowest BCUT2D eigenvalue weighted by Gasteiger charge is -2.20. The highest BCUT2D eigenvalue weighted by molar-refractivity contribution is 7.10. The van der Waals surface area contributed by atoms with E-state index in [0.29, 0.717) is 12.6 Å². The van der Waals surface area contributed by atoms with Gasteiger partial charge in [-0.15, -0.1) is 11.3 Å².